The second-order valence-corrected chi connectivity index (χ2v) is 9.61. The first-order valence-electron chi connectivity index (χ1n) is 11.8. The average Bonchev–Trinajstić information content (AvgIpc) is 3.24. The summed E-state index contributed by atoms with van der Waals surface area (Å²) in [5.41, 5.74) is 4.43. The van der Waals surface area contributed by atoms with Gasteiger partial charge in [0, 0.05) is 22.2 Å². The van der Waals surface area contributed by atoms with Crippen LogP contribution in [0.5, 0.6) is 11.5 Å². The molecule has 1 aliphatic rings. The number of anilines is 1. The van der Waals surface area contributed by atoms with Crippen LogP contribution in [0.15, 0.2) is 96.2 Å². The van der Waals surface area contributed by atoms with Gasteiger partial charge in [0.2, 0.25) is 11.1 Å². The van der Waals surface area contributed by atoms with Crippen molar-refractivity contribution in [3.8, 4) is 34.0 Å². The Kier molecular flexibility index (Phi) is 5.83. The van der Waals surface area contributed by atoms with Crippen LogP contribution in [0.1, 0.15) is 13.3 Å². The Hall–Kier alpha value is -4.23. The van der Waals surface area contributed by atoms with E-state index in [1.807, 2.05) is 73.7 Å². The predicted molar refractivity (Wildman–Crippen MR) is 143 cm³/mol. The molecule has 6 rings (SSSR count). The minimum Gasteiger partial charge on any atom is -0.457 e. The maximum Gasteiger partial charge on any atom is 0.237 e. The monoisotopic (exact) mass is 490 g/mol. The number of thioether (sulfide) groups is 1. The van der Waals surface area contributed by atoms with Gasteiger partial charge in [-0.05, 0) is 48.2 Å². The molecule has 0 radical (unpaired) electrons. The van der Waals surface area contributed by atoms with E-state index in [1.165, 1.54) is 11.8 Å². The van der Waals surface area contributed by atoms with Crippen LogP contribution in [-0.4, -0.2) is 26.3 Å². The zero-order chi connectivity index (χ0) is 24.5. The highest BCUT2D eigenvalue weighted by molar-refractivity contribution is 8.00. The third-order valence-electron chi connectivity index (χ3n) is 6.09. The summed E-state index contributed by atoms with van der Waals surface area (Å²) in [5, 5.41) is 14.3. The molecule has 176 valence electrons. The van der Waals surface area contributed by atoms with E-state index >= 15 is 0 Å². The third-order valence-corrected chi connectivity index (χ3v) is 7.31. The summed E-state index contributed by atoms with van der Waals surface area (Å²) in [6.07, 6.45) is 0.627. The summed E-state index contributed by atoms with van der Waals surface area (Å²) in [4.78, 5) is 17.9. The topological polar surface area (TPSA) is 77.0 Å². The number of fused-ring (bicyclic) bond motifs is 3. The van der Waals surface area contributed by atoms with Crippen molar-refractivity contribution in [1.29, 1.82) is 0 Å². The molecule has 0 bridgehead atoms. The summed E-state index contributed by atoms with van der Waals surface area (Å²) >= 11 is 1.33. The number of carbonyl (C=O) groups excluding carboxylic acids is 1. The third kappa shape index (κ3) is 4.18. The fourth-order valence-corrected chi connectivity index (χ4v) is 5.19. The minimum absolute atomic E-state index is 0.103. The fourth-order valence-electron chi connectivity index (χ4n) is 4.37. The Balaban J connectivity index is 1.16. The van der Waals surface area contributed by atoms with Crippen LogP contribution in [-0.2, 0) is 4.79 Å². The maximum absolute atomic E-state index is 13.1. The van der Waals surface area contributed by atoms with Crippen molar-refractivity contribution in [1.82, 2.24) is 15.2 Å². The van der Waals surface area contributed by atoms with Crippen molar-refractivity contribution >= 4 is 34.1 Å². The number of hydrogen-bond donors (Lipinski definition) is 1. The number of carbonyl (C=O) groups is 1. The van der Waals surface area contributed by atoms with Crippen LogP contribution in [0.4, 0.5) is 5.69 Å². The van der Waals surface area contributed by atoms with Crippen LogP contribution in [0.3, 0.4) is 0 Å². The molecule has 1 N–H and O–H groups in total. The molecule has 7 heteroatoms. The number of benzene rings is 4. The smallest absolute Gasteiger partial charge is 0.237 e. The average molecular weight is 491 g/mol. The lowest BCUT2D eigenvalue weighted by molar-refractivity contribution is -0.115. The summed E-state index contributed by atoms with van der Waals surface area (Å²) < 4.78 is 5.83. The SMILES string of the molecule is CCC(Sc1nnc2c(n1)-c1cccc3cccc-2c13)C(=O)Nc1ccc(Oc2ccccc2)cc1. The molecule has 0 saturated heterocycles. The molecule has 1 aromatic heterocycles. The molecule has 1 aliphatic carbocycles. The highest BCUT2D eigenvalue weighted by atomic mass is 32.2. The van der Waals surface area contributed by atoms with E-state index in [0.717, 1.165) is 39.0 Å². The lowest BCUT2D eigenvalue weighted by Gasteiger charge is -2.14. The fraction of sp³-hybridized carbons (Fsp3) is 0.103. The van der Waals surface area contributed by atoms with Gasteiger partial charge in [-0.1, -0.05) is 73.3 Å². The molecule has 36 heavy (non-hydrogen) atoms. The number of hydrogen-bond acceptors (Lipinski definition) is 6. The number of rotatable bonds is 7. The molecule has 5 aromatic rings. The van der Waals surface area contributed by atoms with Gasteiger partial charge >= 0.3 is 0 Å². The van der Waals surface area contributed by atoms with Gasteiger partial charge in [0.15, 0.2) is 0 Å². The quantitative estimate of drug-likeness (QED) is 0.243. The molecule has 0 spiro atoms. The number of nitrogens with zero attached hydrogens (tertiary/aromatic N) is 3. The summed E-state index contributed by atoms with van der Waals surface area (Å²) in [7, 11) is 0. The van der Waals surface area contributed by atoms with E-state index in [4.69, 9.17) is 9.72 Å². The van der Waals surface area contributed by atoms with Gasteiger partial charge in [0.25, 0.3) is 0 Å². The maximum atomic E-state index is 13.1. The summed E-state index contributed by atoms with van der Waals surface area (Å²) in [6.45, 7) is 1.98. The summed E-state index contributed by atoms with van der Waals surface area (Å²) in [6, 6.07) is 29.3. The van der Waals surface area contributed by atoms with Gasteiger partial charge < -0.3 is 10.1 Å². The molecule has 1 atom stereocenters. The predicted octanol–water partition coefficient (Wildman–Crippen LogP) is 6.97. The molecule has 1 unspecified atom stereocenters. The molecule has 1 heterocycles. The number of nitrogens with one attached hydrogen (secondary N) is 1. The first-order chi connectivity index (χ1) is 17.7. The normalized spacial score (nSPS) is 12.2. The lowest BCUT2D eigenvalue weighted by Crippen LogP contribution is -2.24. The van der Waals surface area contributed by atoms with Crippen molar-refractivity contribution in [2.45, 2.75) is 23.8 Å². The highest BCUT2D eigenvalue weighted by Crippen LogP contribution is 2.45. The molecule has 0 aliphatic heterocycles. The van der Waals surface area contributed by atoms with Crippen LogP contribution < -0.4 is 10.1 Å². The van der Waals surface area contributed by atoms with Crippen molar-refractivity contribution in [2.24, 2.45) is 0 Å². The second kappa shape index (κ2) is 9.43. The molecular formula is C29H22N4O2S. The van der Waals surface area contributed by atoms with E-state index in [-0.39, 0.29) is 11.2 Å². The van der Waals surface area contributed by atoms with Crippen molar-refractivity contribution < 1.29 is 9.53 Å². The molecule has 6 nitrogen and oxygen atoms in total. The Morgan fingerprint density at radius 3 is 2.25 bits per heavy atom. The Bertz CT molecular complexity index is 1570. The summed E-state index contributed by atoms with van der Waals surface area (Å²) in [5.74, 6) is 1.36. The molecule has 0 fully saturated rings. The van der Waals surface area contributed by atoms with Crippen molar-refractivity contribution in [3.05, 3.63) is 91.0 Å². The number of aromatic nitrogens is 3. The molecule has 0 saturated carbocycles. The number of ether oxygens (including phenoxy) is 1. The van der Waals surface area contributed by atoms with E-state index in [2.05, 4.69) is 39.8 Å². The van der Waals surface area contributed by atoms with Crippen LogP contribution >= 0.6 is 11.8 Å². The molecule has 4 aromatic carbocycles. The van der Waals surface area contributed by atoms with E-state index < -0.39 is 0 Å². The van der Waals surface area contributed by atoms with Gasteiger partial charge in [-0.25, -0.2) is 4.98 Å². The Morgan fingerprint density at radius 1 is 0.833 bits per heavy atom. The zero-order valence-electron chi connectivity index (χ0n) is 19.5. The largest absolute Gasteiger partial charge is 0.457 e. The second-order valence-electron chi connectivity index (χ2n) is 8.44. The van der Waals surface area contributed by atoms with Gasteiger partial charge in [0.1, 0.15) is 22.9 Å². The van der Waals surface area contributed by atoms with Crippen LogP contribution in [0.2, 0.25) is 0 Å². The standard InChI is InChI=1S/C29H22N4O2S/c1-2-24(28(34)30-19-14-16-21(17-15-19)35-20-10-4-3-5-11-20)36-29-31-26-22-12-6-8-18-9-7-13-23(25(18)22)27(26)32-33-29/h3-17,24H,2H2,1H3,(H,30,34). The Labute approximate surface area is 212 Å². The Morgan fingerprint density at radius 2 is 1.53 bits per heavy atom. The van der Waals surface area contributed by atoms with E-state index in [1.54, 1.807) is 0 Å². The lowest BCUT2D eigenvalue weighted by atomic mass is 10.0. The van der Waals surface area contributed by atoms with Crippen LogP contribution in [0, 0.1) is 0 Å². The highest BCUT2D eigenvalue weighted by Gasteiger charge is 2.26. The molecule has 1 amide bonds. The van der Waals surface area contributed by atoms with Crippen LogP contribution in [0.25, 0.3) is 33.3 Å². The first kappa shape index (κ1) is 22.2. The minimum atomic E-state index is -0.357. The van der Waals surface area contributed by atoms with Gasteiger partial charge in [-0.15, -0.1) is 10.2 Å². The van der Waals surface area contributed by atoms with Crippen molar-refractivity contribution in [3.63, 3.8) is 0 Å². The van der Waals surface area contributed by atoms with Gasteiger partial charge in [-0.3, -0.25) is 4.79 Å². The van der Waals surface area contributed by atoms with E-state index in [0.29, 0.717) is 23.0 Å². The van der Waals surface area contributed by atoms with Gasteiger partial charge in [-0.2, -0.15) is 0 Å². The van der Waals surface area contributed by atoms with Crippen molar-refractivity contribution in [2.75, 3.05) is 5.32 Å². The van der Waals surface area contributed by atoms with Gasteiger partial charge in [0.05, 0.1) is 5.25 Å². The van der Waals surface area contributed by atoms with E-state index in [9.17, 15) is 4.79 Å². The molecular weight excluding hydrogens is 468 g/mol. The first-order valence-corrected chi connectivity index (χ1v) is 12.7. The number of amides is 1. The number of para-hydroxylation sites is 1. The zero-order valence-corrected chi connectivity index (χ0v) is 20.3.